The first kappa shape index (κ1) is 12.6. The molecule has 1 aromatic carbocycles. The first-order valence-electron chi connectivity index (χ1n) is 5.74. The van der Waals surface area contributed by atoms with E-state index in [0.29, 0.717) is 5.00 Å². The number of nitrogens with one attached hydrogen (secondary N) is 1. The van der Waals surface area contributed by atoms with Crippen LogP contribution in [0, 0.1) is 0 Å². The summed E-state index contributed by atoms with van der Waals surface area (Å²) in [7, 11) is 0. The second kappa shape index (κ2) is 5.64. The Morgan fingerprint density at radius 2 is 2.22 bits per heavy atom. The van der Waals surface area contributed by atoms with Crippen molar-refractivity contribution in [2.45, 2.75) is 19.8 Å². The van der Waals surface area contributed by atoms with Crippen LogP contribution in [-0.2, 0) is 6.42 Å². The standard InChI is InChI=1S/C13H14N2O2S/c1-2-5-9-6-3-4-7-10(9)15-12-11(13(16)17)14-8-18-12/h3-4,6-8,15H,2,5H2,1H3,(H,16,17). The van der Waals surface area contributed by atoms with Crippen LogP contribution < -0.4 is 5.32 Å². The molecular formula is C13H14N2O2S. The lowest BCUT2D eigenvalue weighted by Crippen LogP contribution is -2.02. The fourth-order valence-corrected chi connectivity index (χ4v) is 2.42. The van der Waals surface area contributed by atoms with Gasteiger partial charge in [0, 0.05) is 5.69 Å². The van der Waals surface area contributed by atoms with Crippen LogP contribution in [0.2, 0.25) is 0 Å². The Balaban J connectivity index is 2.28. The van der Waals surface area contributed by atoms with Crippen molar-refractivity contribution in [2.24, 2.45) is 0 Å². The van der Waals surface area contributed by atoms with Gasteiger partial charge in [-0.25, -0.2) is 9.78 Å². The number of aromatic nitrogens is 1. The number of anilines is 2. The molecular weight excluding hydrogens is 248 g/mol. The molecule has 0 amide bonds. The van der Waals surface area contributed by atoms with Crippen molar-refractivity contribution in [3.63, 3.8) is 0 Å². The summed E-state index contributed by atoms with van der Waals surface area (Å²) in [6, 6.07) is 7.92. The monoisotopic (exact) mass is 262 g/mol. The average Bonchev–Trinajstić information content (AvgIpc) is 2.80. The molecule has 18 heavy (non-hydrogen) atoms. The first-order chi connectivity index (χ1) is 8.72. The molecule has 2 aromatic rings. The molecule has 1 aromatic heterocycles. The van der Waals surface area contributed by atoms with Gasteiger partial charge in [0.05, 0.1) is 5.51 Å². The highest BCUT2D eigenvalue weighted by Crippen LogP contribution is 2.27. The Hall–Kier alpha value is -1.88. The number of benzene rings is 1. The van der Waals surface area contributed by atoms with Gasteiger partial charge in [-0.05, 0) is 18.1 Å². The maximum absolute atomic E-state index is 11.0. The number of carboxylic acid groups (broad SMARTS) is 1. The second-order valence-electron chi connectivity index (χ2n) is 3.87. The second-order valence-corrected chi connectivity index (χ2v) is 4.72. The Bertz CT molecular complexity index is 551. The zero-order valence-electron chi connectivity index (χ0n) is 10.0. The lowest BCUT2D eigenvalue weighted by molar-refractivity contribution is 0.0692. The van der Waals surface area contributed by atoms with Crippen LogP contribution in [0.25, 0.3) is 0 Å². The lowest BCUT2D eigenvalue weighted by atomic mass is 10.1. The van der Waals surface area contributed by atoms with Gasteiger partial charge in [0.2, 0.25) is 0 Å². The van der Waals surface area contributed by atoms with Gasteiger partial charge < -0.3 is 10.4 Å². The van der Waals surface area contributed by atoms with E-state index in [0.717, 1.165) is 18.5 Å². The third-order valence-corrected chi connectivity index (χ3v) is 3.30. The normalized spacial score (nSPS) is 10.3. The van der Waals surface area contributed by atoms with Crippen LogP contribution >= 0.6 is 11.3 Å². The summed E-state index contributed by atoms with van der Waals surface area (Å²) in [4.78, 5) is 14.8. The molecule has 0 atom stereocenters. The van der Waals surface area contributed by atoms with Gasteiger partial charge in [-0.1, -0.05) is 31.5 Å². The molecule has 0 radical (unpaired) electrons. The van der Waals surface area contributed by atoms with Gasteiger partial charge in [-0.3, -0.25) is 0 Å². The van der Waals surface area contributed by atoms with Crippen LogP contribution in [0.5, 0.6) is 0 Å². The topological polar surface area (TPSA) is 62.2 Å². The Kier molecular flexibility index (Phi) is 3.94. The van der Waals surface area contributed by atoms with Gasteiger partial charge in [0.25, 0.3) is 0 Å². The molecule has 0 aliphatic rings. The zero-order chi connectivity index (χ0) is 13.0. The largest absolute Gasteiger partial charge is 0.476 e. The Morgan fingerprint density at radius 3 is 2.94 bits per heavy atom. The molecule has 0 saturated heterocycles. The molecule has 0 saturated carbocycles. The van der Waals surface area contributed by atoms with E-state index in [1.54, 1.807) is 0 Å². The van der Waals surface area contributed by atoms with E-state index >= 15 is 0 Å². The highest BCUT2D eigenvalue weighted by Gasteiger charge is 2.14. The van der Waals surface area contributed by atoms with Crippen LogP contribution in [-0.4, -0.2) is 16.1 Å². The molecule has 1 heterocycles. The van der Waals surface area contributed by atoms with Gasteiger partial charge in [-0.15, -0.1) is 11.3 Å². The molecule has 0 spiro atoms. The Morgan fingerprint density at radius 1 is 1.44 bits per heavy atom. The zero-order valence-corrected chi connectivity index (χ0v) is 10.8. The number of hydrogen-bond acceptors (Lipinski definition) is 4. The number of thiazole rings is 1. The summed E-state index contributed by atoms with van der Waals surface area (Å²) in [5.74, 6) is -1.01. The van der Waals surface area contributed by atoms with E-state index in [9.17, 15) is 4.79 Å². The smallest absolute Gasteiger partial charge is 0.357 e. The van der Waals surface area contributed by atoms with E-state index in [4.69, 9.17) is 5.11 Å². The summed E-state index contributed by atoms with van der Waals surface area (Å²) in [5, 5.41) is 12.7. The number of rotatable bonds is 5. The van der Waals surface area contributed by atoms with E-state index in [-0.39, 0.29) is 5.69 Å². The minimum absolute atomic E-state index is 0.0753. The van der Waals surface area contributed by atoms with Crippen molar-refractivity contribution >= 4 is 28.0 Å². The van der Waals surface area contributed by atoms with Crippen molar-refractivity contribution in [3.8, 4) is 0 Å². The van der Waals surface area contributed by atoms with Gasteiger partial charge in [0.15, 0.2) is 5.69 Å². The summed E-state index contributed by atoms with van der Waals surface area (Å²) >= 11 is 1.30. The highest BCUT2D eigenvalue weighted by atomic mass is 32.1. The summed E-state index contributed by atoms with van der Waals surface area (Å²) in [6.45, 7) is 2.12. The van der Waals surface area contributed by atoms with Crippen LogP contribution in [0.4, 0.5) is 10.7 Å². The minimum atomic E-state index is -1.01. The van der Waals surface area contributed by atoms with Crippen LogP contribution in [0.1, 0.15) is 29.4 Å². The third-order valence-electron chi connectivity index (χ3n) is 2.55. The SMILES string of the molecule is CCCc1ccccc1Nc1scnc1C(=O)O. The number of hydrogen-bond donors (Lipinski definition) is 2. The van der Waals surface area contributed by atoms with Crippen LogP contribution in [0.15, 0.2) is 29.8 Å². The maximum Gasteiger partial charge on any atom is 0.357 e. The number of aryl methyl sites for hydroxylation is 1. The van der Waals surface area contributed by atoms with Crippen molar-refractivity contribution in [1.29, 1.82) is 0 Å². The lowest BCUT2D eigenvalue weighted by Gasteiger charge is -2.10. The molecule has 0 aliphatic carbocycles. The summed E-state index contributed by atoms with van der Waals surface area (Å²) < 4.78 is 0. The van der Waals surface area contributed by atoms with E-state index < -0.39 is 5.97 Å². The molecule has 0 fully saturated rings. The predicted molar refractivity (Wildman–Crippen MR) is 72.8 cm³/mol. The molecule has 4 nitrogen and oxygen atoms in total. The summed E-state index contributed by atoms with van der Waals surface area (Å²) in [6.07, 6.45) is 2.01. The molecule has 2 rings (SSSR count). The number of carboxylic acids is 1. The Labute approximate surface area is 109 Å². The van der Waals surface area contributed by atoms with Gasteiger partial charge in [-0.2, -0.15) is 0 Å². The molecule has 0 bridgehead atoms. The van der Waals surface area contributed by atoms with E-state index in [1.165, 1.54) is 22.4 Å². The number of para-hydroxylation sites is 1. The van der Waals surface area contributed by atoms with Crippen molar-refractivity contribution in [1.82, 2.24) is 4.98 Å². The molecule has 2 N–H and O–H groups in total. The number of carbonyl (C=O) groups is 1. The summed E-state index contributed by atoms with van der Waals surface area (Å²) in [5.41, 5.74) is 3.75. The fraction of sp³-hybridized carbons (Fsp3) is 0.231. The molecule has 94 valence electrons. The average molecular weight is 262 g/mol. The quantitative estimate of drug-likeness (QED) is 0.865. The van der Waals surface area contributed by atoms with Crippen molar-refractivity contribution in [2.75, 3.05) is 5.32 Å². The van der Waals surface area contributed by atoms with Crippen LogP contribution in [0.3, 0.4) is 0 Å². The van der Waals surface area contributed by atoms with Crippen molar-refractivity contribution in [3.05, 3.63) is 41.0 Å². The number of nitrogens with zero attached hydrogens (tertiary/aromatic N) is 1. The first-order valence-corrected chi connectivity index (χ1v) is 6.62. The van der Waals surface area contributed by atoms with Gasteiger partial charge in [0.1, 0.15) is 5.00 Å². The molecule has 0 aliphatic heterocycles. The predicted octanol–water partition coefficient (Wildman–Crippen LogP) is 3.54. The third kappa shape index (κ3) is 2.68. The van der Waals surface area contributed by atoms with Crippen molar-refractivity contribution < 1.29 is 9.90 Å². The maximum atomic E-state index is 11.0. The van der Waals surface area contributed by atoms with Gasteiger partial charge >= 0.3 is 5.97 Å². The van der Waals surface area contributed by atoms with E-state index in [2.05, 4.69) is 17.2 Å². The molecule has 0 unspecified atom stereocenters. The fourth-order valence-electron chi connectivity index (χ4n) is 1.74. The van der Waals surface area contributed by atoms with E-state index in [1.807, 2.05) is 24.3 Å². The minimum Gasteiger partial charge on any atom is -0.476 e. The molecule has 5 heteroatoms. The number of aromatic carboxylic acids is 1. The highest BCUT2D eigenvalue weighted by molar-refractivity contribution is 7.14.